The van der Waals surface area contributed by atoms with Crippen molar-refractivity contribution in [3.63, 3.8) is 0 Å². The Kier molecular flexibility index (Phi) is 3.78. The zero-order valence-electron chi connectivity index (χ0n) is 13.2. The van der Waals surface area contributed by atoms with Crippen LogP contribution in [0.25, 0.3) is 0 Å². The highest BCUT2D eigenvalue weighted by molar-refractivity contribution is 6.08. The number of anilines is 2. The second-order valence-corrected chi connectivity index (χ2v) is 5.79. The van der Waals surface area contributed by atoms with E-state index in [-0.39, 0.29) is 12.3 Å². The zero-order chi connectivity index (χ0) is 16.6. The van der Waals surface area contributed by atoms with Crippen molar-refractivity contribution < 1.29 is 9.59 Å². The Labute approximate surface area is 135 Å². The van der Waals surface area contributed by atoms with Crippen molar-refractivity contribution in [3.05, 3.63) is 59.7 Å². The van der Waals surface area contributed by atoms with Crippen molar-refractivity contribution in [3.8, 4) is 0 Å². The minimum Gasteiger partial charge on any atom is -0.370 e. The summed E-state index contributed by atoms with van der Waals surface area (Å²) in [6, 6.07) is 15.4. The topological polar surface area (TPSA) is 66.6 Å². The molecule has 0 aliphatic carbocycles. The summed E-state index contributed by atoms with van der Waals surface area (Å²) < 4.78 is 0. The molecule has 1 heterocycles. The molecule has 0 aromatic heterocycles. The van der Waals surface area contributed by atoms with Gasteiger partial charge in [0, 0.05) is 13.5 Å². The molecule has 0 radical (unpaired) electrons. The molecular formula is C18H19N3O2. The Morgan fingerprint density at radius 2 is 1.83 bits per heavy atom. The highest BCUT2D eigenvalue weighted by atomic mass is 16.2. The van der Waals surface area contributed by atoms with Crippen LogP contribution in [0.1, 0.15) is 23.5 Å². The molecule has 3 rings (SSSR count). The van der Waals surface area contributed by atoms with Crippen LogP contribution < -0.4 is 15.8 Å². The maximum absolute atomic E-state index is 12.9. The number of rotatable bonds is 4. The second kappa shape index (κ2) is 5.76. The van der Waals surface area contributed by atoms with Crippen LogP contribution in [-0.4, -0.2) is 18.9 Å². The first-order valence-corrected chi connectivity index (χ1v) is 7.50. The number of carbonyl (C=O) groups excluding carboxylic acids is 2. The molecule has 118 valence electrons. The van der Waals surface area contributed by atoms with Crippen molar-refractivity contribution in [1.29, 1.82) is 0 Å². The first kappa shape index (κ1) is 15.1. The Bertz CT molecular complexity index is 755. The zero-order valence-corrected chi connectivity index (χ0v) is 13.2. The minimum absolute atomic E-state index is 0.0219. The number of carbonyl (C=O) groups is 2. The van der Waals surface area contributed by atoms with Crippen LogP contribution in [0.2, 0.25) is 0 Å². The molecule has 2 amide bonds. The SMILES string of the molecule is Cc1ccc(N(C)N2C(=O)C(CC(N)=O)c3ccccc32)cc1. The van der Waals surface area contributed by atoms with E-state index >= 15 is 0 Å². The maximum atomic E-state index is 12.9. The summed E-state index contributed by atoms with van der Waals surface area (Å²) >= 11 is 0. The van der Waals surface area contributed by atoms with E-state index in [4.69, 9.17) is 5.73 Å². The maximum Gasteiger partial charge on any atom is 0.253 e. The van der Waals surface area contributed by atoms with Crippen LogP contribution >= 0.6 is 0 Å². The molecule has 1 aliphatic rings. The largest absolute Gasteiger partial charge is 0.370 e. The standard InChI is InChI=1S/C18H19N3O2/c1-12-7-9-13(10-8-12)20(2)21-16-6-4-3-5-14(16)15(18(21)23)11-17(19)22/h3-10,15H,11H2,1-2H3,(H2,19,22). The predicted molar refractivity (Wildman–Crippen MR) is 90.1 cm³/mol. The van der Waals surface area contributed by atoms with Crippen LogP contribution in [0.4, 0.5) is 11.4 Å². The van der Waals surface area contributed by atoms with E-state index in [9.17, 15) is 9.59 Å². The van der Waals surface area contributed by atoms with E-state index in [2.05, 4.69) is 0 Å². The van der Waals surface area contributed by atoms with Crippen molar-refractivity contribution >= 4 is 23.2 Å². The van der Waals surface area contributed by atoms with Gasteiger partial charge in [0.25, 0.3) is 5.91 Å². The van der Waals surface area contributed by atoms with Gasteiger partial charge < -0.3 is 5.73 Å². The Morgan fingerprint density at radius 1 is 1.17 bits per heavy atom. The highest BCUT2D eigenvalue weighted by Crippen LogP contribution is 2.40. The summed E-state index contributed by atoms with van der Waals surface area (Å²) in [4.78, 5) is 24.2. The predicted octanol–water partition coefficient (Wildman–Crippen LogP) is 2.35. The Hall–Kier alpha value is -2.82. The quantitative estimate of drug-likeness (QED) is 0.942. The summed E-state index contributed by atoms with van der Waals surface area (Å²) in [6.45, 7) is 2.02. The molecule has 23 heavy (non-hydrogen) atoms. The van der Waals surface area contributed by atoms with Crippen LogP contribution in [0, 0.1) is 6.92 Å². The van der Waals surface area contributed by atoms with E-state index < -0.39 is 11.8 Å². The molecule has 2 aromatic rings. The molecule has 0 bridgehead atoms. The van der Waals surface area contributed by atoms with Gasteiger partial charge in [0.05, 0.1) is 17.3 Å². The lowest BCUT2D eigenvalue weighted by molar-refractivity contribution is -0.124. The Morgan fingerprint density at radius 3 is 2.48 bits per heavy atom. The molecule has 0 saturated carbocycles. The van der Waals surface area contributed by atoms with Crippen LogP contribution in [-0.2, 0) is 9.59 Å². The number of primary amides is 1. The van der Waals surface area contributed by atoms with Crippen molar-refractivity contribution in [2.45, 2.75) is 19.3 Å². The van der Waals surface area contributed by atoms with Gasteiger partial charge in [-0.2, -0.15) is 0 Å². The minimum atomic E-state index is -0.517. The summed E-state index contributed by atoms with van der Waals surface area (Å²) in [7, 11) is 1.84. The molecule has 0 saturated heterocycles. The fraction of sp³-hybridized carbons (Fsp3) is 0.222. The van der Waals surface area contributed by atoms with E-state index in [1.807, 2.05) is 67.5 Å². The fourth-order valence-electron chi connectivity index (χ4n) is 2.96. The lowest BCUT2D eigenvalue weighted by Crippen LogP contribution is -2.43. The number of amides is 2. The van der Waals surface area contributed by atoms with Crippen molar-refractivity contribution in [2.75, 3.05) is 17.1 Å². The highest BCUT2D eigenvalue weighted by Gasteiger charge is 2.40. The summed E-state index contributed by atoms with van der Waals surface area (Å²) in [6.07, 6.45) is 0.0219. The number of fused-ring (bicyclic) bond motifs is 1. The van der Waals surface area contributed by atoms with Gasteiger partial charge in [-0.05, 0) is 30.7 Å². The molecule has 1 atom stereocenters. The molecule has 0 spiro atoms. The molecule has 5 nitrogen and oxygen atoms in total. The number of nitrogens with zero attached hydrogens (tertiary/aromatic N) is 2. The third kappa shape index (κ3) is 2.65. The van der Waals surface area contributed by atoms with E-state index in [0.29, 0.717) is 0 Å². The first-order chi connectivity index (χ1) is 11.0. The molecule has 2 N–H and O–H groups in total. The lowest BCUT2D eigenvalue weighted by atomic mass is 9.97. The van der Waals surface area contributed by atoms with Gasteiger partial charge in [-0.3, -0.25) is 14.6 Å². The summed E-state index contributed by atoms with van der Waals surface area (Å²) in [5.41, 5.74) is 9.01. The van der Waals surface area contributed by atoms with E-state index in [1.54, 1.807) is 5.01 Å². The molecule has 5 heteroatoms. The van der Waals surface area contributed by atoms with Gasteiger partial charge in [-0.1, -0.05) is 35.9 Å². The normalized spacial score (nSPS) is 16.3. The molecule has 1 unspecified atom stereocenters. The van der Waals surface area contributed by atoms with E-state index in [1.165, 1.54) is 0 Å². The molecule has 0 fully saturated rings. The van der Waals surface area contributed by atoms with Crippen LogP contribution in [0.3, 0.4) is 0 Å². The average molecular weight is 309 g/mol. The van der Waals surface area contributed by atoms with Crippen LogP contribution in [0.5, 0.6) is 0 Å². The van der Waals surface area contributed by atoms with Crippen molar-refractivity contribution in [1.82, 2.24) is 0 Å². The smallest absolute Gasteiger partial charge is 0.253 e. The number of hydrogen-bond acceptors (Lipinski definition) is 3. The molecule has 2 aromatic carbocycles. The van der Waals surface area contributed by atoms with Gasteiger partial charge >= 0.3 is 0 Å². The number of hydrogen-bond donors (Lipinski definition) is 1. The summed E-state index contributed by atoms with van der Waals surface area (Å²) in [5.74, 6) is -1.12. The number of nitrogens with two attached hydrogens (primary N) is 1. The molecular weight excluding hydrogens is 290 g/mol. The number of hydrazine groups is 1. The fourth-order valence-corrected chi connectivity index (χ4v) is 2.96. The molecule has 1 aliphatic heterocycles. The van der Waals surface area contributed by atoms with Crippen LogP contribution in [0.15, 0.2) is 48.5 Å². The third-order valence-electron chi connectivity index (χ3n) is 4.16. The van der Waals surface area contributed by atoms with Gasteiger partial charge in [-0.15, -0.1) is 0 Å². The lowest BCUT2D eigenvalue weighted by Gasteiger charge is -2.31. The number of benzene rings is 2. The third-order valence-corrected chi connectivity index (χ3v) is 4.16. The monoisotopic (exact) mass is 309 g/mol. The first-order valence-electron chi connectivity index (χ1n) is 7.50. The number of aryl methyl sites for hydroxylation is 1. The van der Waals surface area contributed by atoms with Gasteiger partial charge in [0.2, 0.25) is 5.91 Å². The summed E-state index contributed by atoms with van der Waals surface area (Å²) in [5, 5.41) is 3.43. The van der Waals surface area contributed by atoms with Gasteiger partial charge in [-0.25, -0.2) is 5.01 Å². The van der Waals surface area contributed by atoms with E-state index in [0.717, 1.165) is 22.5 Å². The number of para-hydroxylation sites is 1. The second-order valence-electron chi connectivity index (χ2n) is 5.79. The van der Waals surface area contributed by atoms with Crippen molar-refractivity contribution in [2.24, 2.45) is 5.73 Å². The Balaban J connectivity index is 2.00. The average Bonchev–Trinajstić information content (AvgIpc) is 2.80. The van der Waals surface area contributed by atoms with Gasteiger partial charge in [0.15, 0.2) is 0 Å². The van der Waals surface area contributed by atoms with Gasteiger partial charge in [0.1, 0.15) is 0 Å².